The van der Waals surface area contributed by atoms with Gasteiger partial charge in [0.1, 0.15) is 12.6 Å². The number of ether oxygens (including phenoxy) is 2. The Morgan fingerprint density at radius 2 is 1.59 bits per heavy atom. The van der Waals surface area contributed by atoms with Gasteiger partial charge in [-0.2, -0.15) is 0 Å². The molecule has 1 N–H and O–H groups in total. The molecule has 1 aliphatic rings. The number of nitrogens with one attached hydrogen (secondary N) is 1. The summed E-state index contributed by atoms with van der Waals surface area (Å²) in [6.07, 6.45) is 3.82. The lowest BCUT2D eigenvalue weighted by molar-refractivity contribution is -0.139. The largest absolute Gasteiger partial charge is 0.493 e. The van der Waals surface area contributed by atoms with E-state index in [-0.39, 0.29) is 34.8 Å². The van der Waals surface area contributed by atoms with Gasteiger partial charge in [0.15, 0.2) is 11.5 Å². The standard InChI is InChI=1S/C32H37Cl2N3O6S/c1-21-9-12-25(13-10-21)37(44(40,41)26-14-16-29(42-3)30(18-26)43-4)20-31(38)36(19-23-11-15-27(33)28(34)17-23)22(2)32(39)35-24-7-5-6-8-24/h9-18,22,24H,5-8,19-20H2,1-4H3,(H,35,39)/t22-/m0/s1. The van der Waals surface area contributed by atoms with Gasteiger partial charge in [-0.05, 0) is 68.7 Å². The normalized spacial score (nSPS) is 14.1. The van der Waals surface area contributed by atoms with Gasteiger partial charge < -0.3 is 19.7 Å². The lowest BCUT2D eigenvalue weighted by atomic mass is 10.1. The van der Waals surface area contributed by atoms with E-state index in [4.69, 9.17) is 32.7 Å². The highest BCUT2D eigenvalue weighted by Gasteiger charge is 2.34. The highest BCUT2D eigenvalue weighted by atomic mass is 35.5. The first-order valence-electron chi connectivity index (χ1n) is 14.3. The molecule has 0 aliphatic heterocycles. The van der Waals surface area contributed by atoms with Gasteiger partial charge in [0.25, 0.3) is 10.0 Å². The third-order valence-electron chi connectivity index (χ3n) is 7.75. The molecule has 0 heterocycles. The van der Waals surface area contributed by atoms with Crippen molar-refractivity contribution in [2.45, 2.75) is 63.1 Å². The van der Waals surface area contributed by atoms with E-state index in [1.165, 1.54) is 37.3 Å². The lowest BCUT2D eigenvalue weighted by Gasteiger charge is -2.32. The van der Waals surface area contributed by atoms with Gasteiger partial charge in [-0.1, -0.05) is 59.8 Å². The van der Waals surface area contributed by atoms with Crippen LogP contribution in [0.2, 0.25) is 10.0 Å². The Bertz CT molecular complexity index is 1590. The number of rotatable bonds is 12. The van der Waals surface area contributed by atoms with Crippen LogP contribution in [0.15, 0.2) is 65.6 Å². The van der Waals surface area contributed by atoms with Gasteiger partial charge in [-0.3, -0.25) is 13.9 Å². The molecule has 0 aromatic heterocycles. The summed E-state index contributed by atoms with van der Waals surface area (Å²) in [6.45, 7) is 2.96. The minimum Gasteiger partial charge on any atom is -0.493 e. The maximum absolute atomic E-state index is 14.2. The van der Waals surface area contributed by atoms with Crippen molar-refractivity contribution in [3.8, 4) is 11.5 Å². The van der Waals surface area contributed by atoms with Gasteiger partial charge in [-0.15, -0.1) is 0 Å². The van der Waals surface area contributed by atoms with Crippen LogP contribution >= 0.6 is 23.2 Å². The second-order valence-corrected chi connectivity index (χ2v) is 13.5. The maximum atomic E-state index is 14.2. The first-order chi connectivity index (χ1) is 20.9. The number of methoxy groups -OCH3 is 2. The monoisotopic (exact) mass is 661 g/mol. The number of halogens is 2. The Morgan fingerprint density at radius 3 is 2.20 bits per heavy atom. The predicted molar refractivity (Wildman–Crippen MR) is 172 cm³/mol. The zero-order valence-electron chi connectivity index (χ0n) is 25.2. The number of hydrogen-bond donors (Lipinski definition) is 1. The summed E-state index contributed by atoms with van der Waals surface area (Å²) in [5.74, 6) is -0.300. The number of benzene rings is 3. The SMILES string of the molecule is COc1ccc(S(=O)(=O)N(CC(=O)N(Cc2ccc(Cl)c(Cl)c2)[C@@H](C)C(=O)NC2CCCC2)c2ccc(C)cc2)cc1OC. The predicted octanol–water partition coefficient (Wildman–Crippen LogP) is 5.99. The van der Waals surface area contributed by atoms with E-state index in [0.29, 0.717) is 21.4 Å². The summed E-state index contributed by atoms with van der Waals surface area (Å²) in [5.41, 5.74) is 1.84. The number of aryl methyl sites for hydroxylation is 1. The summed E-state index contributed by atoms with van der Waals surface area (Å²) in [4.78, 5) is 28.8. The molecule has 236 valence electrons. The maximum Gasteiger partial charge on any atom is 0.264 e. The smallest absolute Gasteiger partial charge is 0.264 e. The van der Waals surface area contributed by atoms with Gasteiger partial charge in [-0.25, -0.2) is 8.42 Å². The molecule has 0 saturated heterocycles. The van der Waals surface area contributed by atoms with Crippen molar-refractivity contribution < 1.29 is 27.5 Å². The van der Waals surface area contributed by atoms with Crippen LogP contribution in [0.1, 0.15) is 43.7 Å². The van der Waals surface area contributed by atoms with Gasteiger partial charge in [0.2, 0.25) is 11.8 Å². The summed E-state index contributed by atoms with van der Waals surface area (Å²) in [7, 11) is -1.43. The van der Waals surface area contributed by atoms with Crippen molar-refractivity contribution in [2.24, 2.45) is 0 Å². The fraction of sp³-hybridized carbons (Fsp3) is 0.375. The third kappa shape index (κ3) is 7.78. The van der Waals surface area contributed by atoms with Crippen LogP contribution in [0.3, 0.4) is 0 Å². The molecule has 12 heteroatoms. The van der Waals surface area contributed by atoms with E-state index >= 15 is 0 Å². The van der Waals surface area contributed by atoms with Crippen molar-refractivity contribution in [2.75, 3.05) is 25.1 Å². The number of amides is 2. The Hall–Kier alpha value is -3.47. The molecule has 1 saturated carbocycles. The average Bonchev–Trinajstić information content (AvgIpc) is 3.53. The average molecular weight is 663 g/mol. The molecular formula is C32H37Cl2N3O6S. The van der Waals surface area contributed by atoms with E-state index in [1.54, 1.807) is 49.4 Å². The van der Waals surface area contributed by atoms with Crippen LogP contribution in [-0.2, 0) is 26.2 Å². The van der Waals surface area contributed by atoms with Gasteiger partial charge in [0, 0.05) is 18.7 Å². The van der Waals surface area contributed by atoms with Crippen molar-refractivity contribution in [3.05, 3.63) is 81.8 Å². The van der Waals surface area contributed by atoms with E-state index in [2.05, 4.69) is 5.32 Å². The number of carbonyl (C=O) groups excluding carboxylic acids is 2. The minimum atomic E-state index is -4.29. The molecule has 9 nitrogen and oxygen atoms in total. The quantitative estimate of drug-likeness (QED) is 0.256. The van der Waals surface area contributed by atoms with E-state index < -0.39 is 28.5 Å². The zero-order valence-corrected chi connectivity index (χ0v) is 27.5. The Labute approximate surface area is 269 Å². The molecule has 1 aliphatic carbocycles. The number of nitrogens with zero attached hydrogens (tertiary/aromatic N) is 2. The Balaban J connectivity index is 1.72. The molecule has 0 radical (unpaired) electrons. The van der Waals surface area contributed by atoms with Crippen LogP contribution in [0.25, 0.3) is 0 Å². The highest BCUT2D eigenvalue weighted by Crippen LogP contribution is 2.33. The molecule has 0 unspecified atom stereocenters. The van der Waals surface area contributed by atoms with Crippen molar-refractivity contribution in [3.63, 3.8) is 0 Å². The molecule has 3 aromatic carbocycles. The number of anilines is 1. The first kappa shape index (κ1) is 33.4. The van der Waals surface area contributed by atoms with Crippen molar-refractivity contribution in [1.29, 1.82) is 0 Å². The molecule has 4 rings (SSSR count). The summed E-state index contributed by atoms with van der Waals surface area (Å²) >= 11 is 12.4. The molecule has 0 spiro atoms. The zero-order chi connectivity index (χ0) is 32.0. The highest BCUT2D eigenvalue weighted by molar-refractivity contribution is 7.92. The fourth-order valence-corrected chi connectivity index (χ4v) is 6.90. The second kappa shape index (κ2) is 14.5. The molecule has 44 heavy (non-hydrogen) atoms. The second-order valence-electron chi connectivity index (χ2n) is 10.8. The Kier molecular flexibility index (Phi) is 11.0. The molecule has 0 bridgehead atoms. The Morgan fingerprint density at radius 1 is 0.932 bits per heavy atom. The first-order valence-corrected chi connectivity index (χ1v) is 16.5. The van der Waals surface area contributed by atoms with Crippen molar-refractivity contribution >= 4 is 50.7 Å². The van der Waals surface area contributed by atoms with Crippen molar-refractivity contribution in [1.82, 2.24) is 10.2 Å². The molecule has 3 aromatic rings. The number of carbonyl (C=O) groups is 2. The third-order valence-corrected chi connectivity index (χ3v) is 10.3. The van der Waals surface area contributed by atoms with Crippen LogP contribution in [0, 0.1) is 6.92 Å². The molecule has 2 amide bonds. The van der Waals surface area contributed by atoms with Crippen LogP contribution in [-0.4, -0.2) is 58.0 Å². The van der Waals surface area contributed by atoms with Crippen LogP contribution < -0.4 is 19.1 Å². The van der Waals surface area contributed by atoms with Gasteiger partial charge in [0.05, 0.1) is 34.8 Å². The van der Waals surface area contributed by atoms with E-state index in [1.807, 2.05) is 6.92 Å². The lowest BCUT2D eigenvalue weighted by Crippen LogP contribution is -2.52. The minimum absolute atomic E-state index is 0.00706. The van der Waals surface area contributed by atoms with Crippen LogP contribution in [0.5, 0.6) is 11.5 Å². The summed E-state index contributed by atoms with van der Waals surface area (Å²) in [5, 5.41) is 3.71. The van der Waals surface area contributed by atoms with Crippen LogP contribution in [0.4, 0.5) is 5.69 Å². The van der Waals surface area contributed by atoms with E-state index in [0.717, 1.165) is 35.6 Å². The molecule has 1 atom stereocenters. The summed E-state index contributed by atoms with van der Waals surface area (Å²) in [6, 6.07) is 15.2. The number of sulfonamides is 1. The van der Waals surface area contributed by atoms with E-state index in [9.17, 15) is 18.0 Å². The fourth-order valence-electron chi connectivity index (χ4n) is 5.15. The van der Waals surface area contributed by atoms with Gasteiger partial charge >= 0.3 is 0 Å². The number of hydrogen-bond acceptors (Lipinski definition) is 6. The molecule has 1 fully saturated rings. The topological polar surface area (TPSA) is 105 Å². The summed E-state index contributed by atoms with van der Waals surface area (Å²) < 4.78 is 40.0. The molecular weight excluding hydrogens is 625 g/mol.